The molecule has 0 unspecified atom stereocenters. The molecule has 2 heterocycles. The number of nitrogens with zero attached hydrogens (tertiary/aromatic N) is 4. The molecule has 4 aliphatic carbocycles. The Kier molecular flexibility index (Phi) is 6.42. The van der Waals surface area contributed by atoms with E-state index in [0.717, 1.165) is 54.1 Å². The standard InChI is InChI=1S/C32H39N5O2/c38-30-29(34-33-26-8-2-1-3-9-26)31(39)37(22-32-19-23-16-24(20-32)18-25(17-23)21-32)28-11-5-4-10-27(28)36(30)15-14-35-12-6-7-13-35/h1-5,8-11,23-25,33H,6-7,12-22H2. The second-order valence-electron chi connectivity index (χ2n) is 12.7. The van der Waals surface area contributed by atoms with Gasteiger partial charge in [0.05, 0.1) is 16.7 Å². The number of benzene rings is 2. The van der Waals surface area contributed by atoms with Gasteiger partial charge < -0.3 is 14.0 Å². The molecule has 1 aliphatic heterocycles. The van der Waals surface area contributed by atoms with Crippen molar-refractivity contribution in [3.63, 3.8) is 0 Å². The van der Waals surface area contributed by atoms with E-state index in [9.17, 15) is 9.59 Å². The number of para-hydroxylation sites is 3. The van der Waals surface area contributed by atoms with E-state index < -0.39 is 0 Å². The predicted octanol–water partition coefficient (Wildman–Crippen LogP) is 4.40. The zero-order chi connectivity index (χ0) is 26.4. The molecule has 1 saturated heterocycles. The van der Waals surface area contributed by atoms with Crippen LogP contribution in [0.3, 0.4) is 0 Å². The molecule has 5 aliphatic rings. The van der Waals surface area contributed by atoms with E-state index in [1.807, 2.05) is 59.2 Å². The summed E-state index contributed by atoms with van der Waals surface area (Å²) in [7, 11) is 0. The quantitative estimate of drug-likeness (QED) is 0.464. The third-order valence-corrected chi connectivity index (χ3v) is 9.93. The molecule has 7 heteroatoms. The Labute approximate surface area is 229 Å². The molecule has 3 aromatic rings. The average Bonchev–Trinajstić information content (AvgIpc) is 3.43. The smallest absolute Gasteiger partial charge is 0.284 e. The monoisotopic (exact) mass is 525 g/mol. The lowest BCUT2D eigenvalue weighted by atomic mass is 9.49. The van der Waals surface area contributed by atoms with Crippen LogP contribution in [0.15, 0.2) is 69.3 Å². The van der Waals surface area contributed by atoms with Gasteiger partial charge in [-0.05, 0) is 112 Å². The maximum atomic E-state index is 14.4. The predicted molar refractivity (Wildman–Crippen MR) is 154 cm³/mol. The molecule has 7 nitrogen and oxygen atoms in total. The van der Waals surface area contributed by atoms with Crippen molar-refractivity contribution in [2.75, 3.05) is 25.1 Å². The molecule has 2 aromatic carbocycles. The van der Waals surface area contributed by atoms with Crippen molar-refractivity contribution in [1.29, 1.82) is 0 Å². The number of likely N-dealkylation sites (tertiary alicyclic amines) is 1. The van der Waals surface area contributed by atoms with Crippen molar-refractivity contribution < 1.29 is 0 Å². The normalized spacial score (nSPS) is 28.4. The van der Waals surface area contributed by atoms with Gasteiger partial charge in [-0.1, -0.05) is 30.3 Å². The van der Waals surface area contributed by atoms with E-state index in [1.165, 1.54) is 51.4 Å². The first-order valence-electron chi connectivity index (χ1n) is 14.9. The highest BCUT2D eigenvalue weighted by Crippen LogP contribution is 2.60. The van der Waals surface area contributed by atoms with E-state index in [-0.39, 0.29) is 21.9 Å². The summed E-state index contributed by atoms with van der Waals surface area (Å²) < 4.78 is 3.72. The minimum absolute atomic E-state index is 0.0267. The number of anilines is 1. The number of aromatic nitrogens is 2. The fraction of sp³-hybridized carbons (Fsp3) is 0.531. The molecular weight excluding hydrogens is 486 g/mol. The molecular formula is C32H39N5O2. The first-order valence-corrected chi connectivity index (χ1v) is 14.9. The van der Waals surface area contributed by atoms with E-state index in [4.69, 9.17) is 0 Å². The number of hydrogen-bond donors (Lipinski definition) is 1. The Morgan fingerprint density at radius 3 is 1.95 bits per heavy atom. The van der Waals surface area contributed by atoms with Crippen LogP contribution in [0, 0.1) is 23.2 Å². The van der Waals surface area contributed by atoms with Crippen molar-refractivity contribution in [3.8, 4) is 0 Å². The number of hydrogen-bond acceptors (Lipinski definition) is 5. The fourth-order valence-corrected chi connectivity index (χ4v) is 8.66. The van der Waals surface area contributed by atoms with Crippen molar-refractivity contribution in [1.82, 2.24) is 14.0 Å². The molecule has 0 radical (unpaired) electrons. The van der Waals surface area contributed by atoms with Gasteiger partial charge in [-0.3, -0.25) is 15.0 Å². The van der Waals surface area contributed by atoms with Gasteiger partial charge in [-0.25, -0.2) is 0 Å². The average molecular weight is 526 g/mol. The van der Waals surface area contributed by atoms with E-state index in [2.05, 4.69) is 15.4 Å². The van der Waals surface area contributed by atoms with Gasteiger partial charge >= 0.3 is 0 Å². The second-order valence-corrected chi connectivity index (χ2v) is 12.7. The van der Waals surface area contributed by atoms with E-state index >= 15 is 0 Å². The maximum absolute atomic E-state index is 14.4. The number of rotatable bonds is 7. The van der Waals surface area contributed by atoms with Crippen LogP contribution in [0.1, 0.15) is 51.4 Å². The first kappa shape index (κ1) is 24.8. The van der Waals surface area contributed by atoms with Crippen molar-refractivity contribution >= 4 is 16.7 Å². The zero-order valence-electron chi connectivity index (χ0n) is 22.7. The highest BCUT2D eigenvalue weighted by molar-refractivity contribution is 5.74. The Hall–Kier alpha value is -3.19. The van der Waals surface area contributed by atoms with Gasteiger partial charge in [0.25, 0.3) is 11.1 Å². The third kappa shape index (κ3) is 4.75. The van der Waals surface area contributed by atoms with Crippen LogP contribution in [0.4, 0.5) is 5.69 Å². The van der Waals surface area contributed by atoms with Crippen molar-refractivity contribution in [2.45, 2.75) is 64.5 Å². The minimum atomic E-state index is -0.317. The summed E-state index contributed by atoms with van der Waals surface area (Å²) in [4.78, 5) is 30.9. The second kappa shape index (κ2) is 10.1. The molecule has 4 saturated carbocycles. The van der Waals surface area contributed by atoms with Crippen LogP contribution in [0.2, 0.25) is 0 Å². The van der Waals surface area contributed by atoms with Crippen LogP contribution in [0.5, 0.6) is 0 Å². The Morgan fingerprint density at radius 2 is 1.31 bits per heavy atom. The molecule has 1 aromatic heterocycles. The summed E-state index contributed by atoms with van der Waals surface area (Å²) in [5.74, 6) is 2.38. The topological polar surface area (TPSA) is 71.6 Å². The van der Waals surface area contributed by atoms with Crippen molar-refractivity contribution in [2.24, 2.45) is 28.3 Å². The molecule has 4 bridgehead atoms. The molecule has 0 spiro atoms. The number of fused-ring (bicyclic) bond motifs is 1. The van der Waals surface area contributed by atoms with Gasteiger partial charge in [0.2, 0.25) is 5.36 Å². The summed E-state index contributed by atoms with van der Waals surface area (Å²) in [6, 6.07) is 17.5. The summed E-state index contributed by atoms with van der Waals surface area (Å²) in [6.07, 6.45) is 10.1. The van der Waals surface area contributed by atoms with Crippen LogP contribution >= 0.6 is 0 Å². The Balaban J connectivity index is 1.39. The largest absolute Gasteiger partial charge is 0.304 e. The molecule has 1 N–H and O–H groups in total. The maximum Gasteiger partial charge on any atom is 0.284 e. The van der Waals surface area contributed by atoms with E-state index in [0.29, 0.717) is 13.1 Å². The summed E-state index contributed by atoms with van der Waals surface area (Å²) in [6.45, 7) is 4.14. The number of nitrogens with one attached hydrogen (secondary N) is 1. The highest BCUT2D eigenvalue weighted by Gasteiger charge is 2.51. The lowest BCUT2D eigenvalue weighted by molar-refractivity contribution is -0.0617. The summed E-state index contributed by atoms with van der Waals surface area (Å²) >= 11 is 0. The molecule has 0 amide bonds. The molecule has 5 fully saturated rings. The summed E-state index contributed by atoms with van der Waals surface area (Å²) in [5.41, 5.74) is 4.98. The lowest BCUT2D eigenvalue weighted by Gasteiger charge is -2.57. The van der Waals surface area contributed by atoms with Gasteiger partial charge in [-0.15, -0.1) is 0 Å². The molecule has 204 valence electrons. The van der Waals surface area contributed by atoms with Gasteiger partial charge in [0, 0.05) is 19.6 Å². The first-order chi connectivity index (χ1) is 19.1. The van der Waals surface area contributed by atoms with Crippen LogP contribution in [-0.4, -0.2) is 33.7 Å². The van der Waals surface area contributed by atoms with Crippen LogP contribution in [0.25, 0.3) is 11.0 Å². The van der Waals surface area contributed by atoms with Crippen LogP contribution in [-0.2, 0) is 13.1 Å². The molecule has 0 atom stereocenters. The van der Waals surface area contributed by atoms with Crippen molar-refractivity contribution in [3.05, 3.63) is 80.7 Å². The Morgan fingerprint density at radius 1 is 0.744 bits per heavy atom. The third-order valence-electron chi connectivity index (χ3n) is 9.93. The summed E-state index contributed by atoms with van der Waals surface area (Å²) in [5, 5.41) is 4.48. The molecule has 8 rings (SSSR count). The fourth-order valence-electron chi connectivity index (χ4n) is 8.66. The van der Waals surface area contributed by atoms with Gasteiger partial charge in [-0.2, -0.15) is 5.10 Å². The zero-order valence-corrected chi connectivity index (χ0v) is 22.7. The van der Waals surface area contributed by atoms with Gasteiger partial charge in [0.15, 0.2) is 0 Å². The van der Waals surface area contributed by atoms with E-state index in [1.54, 1.807) is 4.57 Å². The van der Waals surface area contributed by atoms with Crippen LogP contribution < -0.4 is 21.9 Å². The Bertz CT molecular complexity index is 1520. The molecule has 39 heavy (non-hydrogen) atoms. The minimum Gasteiger partial charge on any atom is -0.304 e. The van der Waals surface area contributed by atoms with Gasteiger partial charge in [0.1, 0.15) is 0 Å². The lowest BCUT2D eigenvalue weighted by Crippen LogP contribution is -2.51. The highest BCUT2D eigenvalue weighted by atomic mass is 16.1. The SMILES string of the molecule is O=c1c(=NNc2ccccc2)c(=O)n(CC23CC4CC(CC(C4)C2)C3)c2ccccc2n1CCN1CCCC1.